The van der Waals surface area contributed by atoms with E-state index in [2.05, 4.69) is 0 Å². The molecule has 0 aliphatic rings. The van der Waals surface area contributed by atoms with Crippen LogP contribution in [0.3, 0.4) is 0 Å². The number of nitrogens with zero attached hydrogens (tertiary/aromatic N) is 3. The largest absolute Gasteiger partial charge is 0.270 e. The maximum Gasteiger partial charge on any atom is 0.270 e. The molecule has 0 saturated carbocycles. The van der Waals surface area contributed by atoms with E-state index in [0.29, 0.717) is 10.9 Å². The Morgan fingerprint density at radius 2 is 1.87 bits per heavy atom. The number of non-ortho nitro benzene ring substituents is 1. The molecular formula is C8H5N3O4. The summed E-state index contributed by atoms with van der Waals surface area (Å²) < 4.78 is 0.819. The number of aromatic nitrogens is 1. The maximum absolute atomic E-state index is 10.5. The zero-order valence-electron chi connectivity index (χ0n) is 7.36. The molecule has 0 saturated heterocycles. The molecule has 7 heteroatoms. The fraction of sp³-hybridized carbons (Fsp3) is 0. The number of fused-ring (bicyclic) bond motifs is 1. The van der Waals surface area contributed by atoms with Crippen molar-refractivity contribution in [3.63, 3.8) is 0 Å². The van der Waals surface area contributed by atoms with Gasteiger partial charge in [0.15, 0.2) is 5.03 Å². The second-order valence-electron chi connectivity index (χ2n) is 2.90. The van der Waals surface area contributed by atoms with Gasteiger partial charge in [-0.2, -0.15) is 0 Å². The third kappa shape index (κ3) is 1.39. The van der Waals surface area contributed by atoms with Crippen molar-refractivity contribution >= 4 is 16.6 Å². The molecule has 7 nitrogen and oxygen atoms in total. The Morgan fingerprint density at radius 1 is 1.13 bits per heavy atom. The average molecular weight is 207 g/mol. The molecule has 2 aromatic rings. The first-order valence-electron chi connectivity index (χ1n) is 4.00. The van der Waals surface area contributed by atoms with Crippen LogP contribution < -0.4 is 0 Å². The summed E-state index contributed by atoms with van der Waals surface area (Å²) in [5.41, 5.74) is 0.259. The van der Waals surface area contributed by atoms with Gasteiger partial charge in [0.25, 0.3) is 5.69 Å². The van der Waals surface area contributed by atoms with Crippen molar-refractivity contribution in [3.05, 3.63) is 50.7 Å². The predicted octanol–water partition coefficient (Wildman–Crippen LogP) is 1.59. The van der Waals surface area contributed by atoms with Crippen LogP contribution in [0.1, 0.15) is 0 Å². The van der Waals surface area contributed by atoms with Crippen LogP contribution in [0.25, 0.3) is 10.9 Å². The Kier molecular flexibility index (Phi) is 1.86. The molecule has 0 radical (unpaired) electrons. The van der Waals surface area contributed by atoms with Gasteiger partial charge in [-0.15, -0.1) is 0 Å². The molecule has 0 amide bonds. The molecule has 0 bridgehead atoms. The standard InChI is InChI=1S/C8H5N3O4/c12-10(13)7-1-2-8-6(5-7)3-4-9(8)11(14)15/h1-5H. The monoisotopic (exact) mass is 207 g/mol. The normalized spacial score (nSPS) is 10.4. The molecule has 0 N–H and O–H groups in total. The minimum Gasteiger partial charge on any atom is -0.258 e. The summed E-state index contributed by atoms with van der Waals surface area (Å²) in [6.07, 6.45) is 1.26. The summed E-state index contributed by atoms with van der Waals surface area (Å²) in [6, 6.07) is 5.36. The summed E-state index contributed by atoms with van der Waals surface area (Å²) >= 11 is 0. The Morgan fingerprint density at radius 3 is 2.47 bits per heavy atom. The first-order chi connectivity index (χ1) is 7.09. The predicted molar refractivity (Wildman–Crippen MR) is 51.0 cm³/mol. The third-order valence-electron chi connectivity index (χ3n) is 2.04. The van der Waals surface area contributed by atoms with E-state index in [1.807, 2.05) is 0 Å². The van der Waals surface area contributed by atoms with Crippen LogP contribution >= 0.6 is 0 Å². The highest BCUT2D eigenvalue weighted by Gasteiger charge is 2.12. The third-order valence-corrected chi connectivity index (χ3v) is 2.04. The second kappa shape index (κ2) is 3.05. The Balaban J connectivity index is 2.66. The van der Waals surface area contributed by atoms with Crippen molar-refractivity contribution < 1.29 is 9.96 Å². The van der Waals surface area contributed by atoms with E-state index >= 15 is 0 Å². The van der Waals surface area contributed by atoms with Crippen LogP contribution in [0.4, 0.5) is 5.69 Å². The van der Waals surface area contributed by atoms with Gasteiger partial charge in [0.1, 0.15) is 5.52 Å². The summed E-state index contributed by atoms with van der Waals surface area (Å²) in [7, 11) is 0. The highest BCUT2D eigenvalue weighted by atomic mass is 16.7. The molecule has 76 valence electrons. The molecule has 1 heterocycles. The highest BCUT2D eigenvalue weighted by molar-refractivity contribution is 5.82. The molecule has 0 aliphatic heterocycles. The number of nitro groups is 2. The van der Waals surface area contributed by atoms with Crippen molar-refractivity contribution in [1.82, 2.24) is 4.68 Å². The zero-order valence-corrected chi connectivity index (χ0v) is 7.36. The zero-order chi connectivity index (χ0) is 11.0. The van der Waals surface area contributed by atoms with Crippen LogP contribution in [0.5, 0.6) is 0 Å². The Hall–Kier alpha value is -2.44. The lowest BCUT2D eigenvalue weighted by Gasteiger charge is -1.93. The van der Waals surface area contributed by atoms with Gasteiger partial charge in [0.2, 0.25) is 0 Å². The SMILES string of the molecule is O=[N+]([O-])c1ccc2c(ccn2[N+](=O)[O-])c1. The molecule has 1 aromatic carbocycles. The molecule has 1 aromatic heterocycles. The maximum atomic E-state index is 10.5. The lowest BCUT2D eigenvalue weighted by atomic mass is 10.2. The minimum absolute atomic E-state index is 0.0800. The van der Waals surface area contributed by atoms with Gasteiger partial charge in [-0.25, -0.2) is 10.1 Å². The van der Waals surface area contributed by atoms with E-state index in [0.717, 1.165) is 4.68 Å². The number of rotatable bonds is 2. The van der Waals surface area contributed by atoms with E-state index in [4.69, 9.17) is 0 Å². The van der Waals surface area contributed by atoms with Crippen LogP contribution in [0.2, 0.25) is 0 Å². The number of hydrogen-bond acceptors (Lipinski definition) is 4. The van der Waals surface area contributed by atoms with Gasteiger partial charge in [-0.05, 0) is 12.1 Å². The van der Waals surface area contributed by atoms with Gasteiger partial charge in [0.05, 0.1) is 11.1 Å². The summed E-state index contributed by atoms with van der Waals surface area (Å²) in [5.74, 6) is 0. The van der Waals surface area contributed by atoms with Crippen molar-refractivity contribution in [2.75, 3.05) is 0 Å². The molecule has 0 spiro atoms. The fourth-order valence-corrected chi connectivity index (χ4v) is 1.37. The van der Waals surface area contributed by atoms with Gasteiger partial charge in [-0.3, -0.25) is 10.1 Å². The van der Waals surface area contributed by atoms with Crippen molar-refractivity contribution in [2.24, 2.45) is 0 Å². The summed E-state index contributed by atoms with van der Waals surface area (Å²) in [6.45, 7) is 0. The van der Waals surface area contributed by atoms with Crippen LogP contribution in [0, 0.1) is 20.2 Å². The lowest BCUT2D eigenvalue weighted by Crippen LogP contribution is -2.05. The van der Waals surface area contributed by atoms with Crippen molar-refractivity contribution in [2.45, 2.75) is 0 Å². The number of nitro benzene ring substituents is 1. The van der Waals surface area contributed by atoms with E-state index in [9.17, 15) is 20.2 Å². The smallest absolute Gasteiger partial charge is 0.258 e. The molecular weight excluding hydrogens is 202 g/mol. The molecule has 0 unspecified atom stereocenters. The fourth-order valence-electron chi connectivity index (χ4n) is 1.37. The molecule has 0 aliphatic carbocycles. The minimum atomic E-state index is -0.589. The van der Waals surface area contributed by atoms with Crippen molar-refractivity contribution in [1.29, 1.82) is 0 Å². The number of benzene rings is 1. The van der Waals surface area contributed by atoms with Gasteiger partial charge in [-0.1, -0.05) is 4.68 Å². The van der Waals surface area contributed by atoms with E-state index in [1.165, 1.54) is 30.5 Å². The summed E-state index contributed by atoms with van der Waals surface area (Å²) in [5, 5.41) is 20.9. The van der Waals surface area contributed by atoms with Crippen LogP contribution in [-0.4, -0.2) is 14.6 Å². The first kappa shape index (κ1) is 9.13. The van der Waals surface area contributed by atoms with E-state index in [1.54, 1.807) is 0 Å². The molecule has 2 rings (SSSR count). The molecule has 15 heavy (non-hydrogen) atoms. The Bertz CT molecular complexity index is 560. The lowest BCUT2D eigenvalue weighted by molar-refractivity contribution is -0.537. The van der Waals surface area contributed by atoms with E-state index < -0.39 is 9.96 Å². The molecule has 0 fully saturated rings. The van der Waals surface area contributed by atoms with Gasteiger partial charge in [0, 0.05) is 17.5 Å². The summed E-state index contributed by atoms with van der Waals surface area (Å²) in [4.78, 5) is 20.4. The first-order valence-corrected chi connectivity index (χ1v) is 4.00. The average Bonchev–Trinajstić information content (AvgIpc) is 2.59. The quantitative estimate of drug-likeness (QED) is 0.552. The van der Waals surface area contributed by atoms with Crippen LogP contribution in [0.15, 0.2) is 30.5 Å². The topological polar surface area (TPSA) is 91.2 Å². The Labute approximate surface area is 82.8 Å². The second-order valence-corrected chi connectivity index (χ2v) is 2.90. The highest BCUT2D eigenvalue weighted by Crippen LogP contribution is 2.21. The van der Waals surface area contributed by atoms with Gasteiger partial charge < -0.3 is 0 Å². The van der Waals surface area contributed by atoms with E-state index in [-0.39, 0.29) is 5.69 Å². The molecule has 0 atom stereocenters. The number of hydrogen-bond donors (Lipinski definition) is 0. The van der Waals surface area contributed by atoms with Crippen LogP contribution in [-0.2, 0) is 0 Å². The van der Waals surface area contributed by atoms with Crippen molar-refractivity contribution in [3.8, 4) is 0 Å². The van der Waals surface area contributed by atoms with Gasteiger partial charge >= 0.3 is 0 Å².